The molecule has 0 unspecified atom stereocenters. The number of nitrogen functional groups attached to an aromatic ring is 1. The molecular formula is C20H14N4O3S. The van der Waals surface area contributed by atoms with Gasteiger partial charge in [-0.05, 0) is 17.2 Å². The highest BCUT2D eigenvalue weighted by Crippen LogP contribution is 2.41. The predicted octanol–water partition coefficient (Wildman–Crippen LogP) is 4.22. The average molecular weight is 390 g/mol. The van der Waals surface area contributed by atoms with Crippen LogP contribution in [0.5, 0.6) is 0 Å². The zero-order valence-corrected chi connectivity index (χ0v) is 15.3. The van der Waals surface area contributed by atoms with Crippen LogP contribution < -0.4 is 11.5 Å². The molecule has 4 rings (SSSR count). The van der Waals surface area contributed by atoms with Gasteiger partial charge < -0.3 is 11.5 Å². The number of nitrogens with zero attached hydrogens (tertiary/aromatic N) is 2. The predicted molar refractivity (Wildman–Crippen MR) is 110 cm³/mol. The molecule has 0 spiro atoms. The molecule has 0 aliphatic heterocycles. The molecule has 0 bridgehead atoms. The van der Waals surface area contributed by atoms with Crippen molar-refractivity contribution in [2.45, 2.75) is 0 Å². The largest absolute Gasteiger partial charge is 0.397 e. The van der Waals surface area contributed by atoms with Gasteiger partial charge in [0.1, 0.15) is 9.71 Å². The first-order valence-electron chi connectivity index (χ1n) is 8.29. The van der Waals surface area contributed by atoms with Crippen molar-refractivity contribution in [3.05, 3.63) is 75.7 Å². The zero-order valence-electron chi connectivity index (χ0n) is 14.5. The summed E-state index contributed by atoms with van der Waals surface area (Å²) < 4.78 is 0. The van der Waals surface area contributed by atoms with Crippen LogP contribution in [0.15, 0.2) is 60.7 Å². The topological polar surface area (TPSA) is 125 Å². The molecule has 1 amide bonds. The first-order valence-corrected chi connectivity index (χ1v) is 9.10. The van der Waals surface area contributed by atoms with E-state index in [2.05, 4.69) is 4.98 Å². The van der Waals surface area contributed by atoms with Crippen LogP contribution in [-0.4, -0.2) is 15.8 Å². The van der Waals surface area contributed by atoms with Crippen LogP contribution in [0.2, 0.25) is 0 Å². The average Bonchev–Trinajstić information content (AvgIpc) is 3.05. The minimum absolute atomic E-state index is 0.0239. The molecule has 0 saturated carbocycles. The monoisotopic (exact) mass is 390 g/mol. The minimum atomic E-state index is -0.614. The van der Waals surface area contributed by atoms with Crippen molar-refractivity contribution in [1.82, 2.24) is 4.98 Å². The summed E-state index contributed by atoms with van der Waals surface area (Å²) in [7, 11) is 0. The molecule has 7 nitrogen and oxygen atoms in total. The summed E-state index contributed by atoms with van der Waals surface area (Å²) in [5, 5.41) is 11.8. The van der Waals surface area contributed by atoms with E-state index in [0.29, 0.717) is 27.2 Å². The number of rotatable bonds is 4. The van der Waals surface area contributed by atoms with Crippen LogP contribution in [0.25, 0.3) is 32.6 Å². The summed E-state index contributed by atoms with van der Waals surface area (Å²) in [5.74, 6) is -0.614. The third kappa shape index (κ3) is 2.95. The summed E-state index contributed by atoms with van der Waals surface area (Å²) in [6, 6.07) is 17.6. The molecule has 0 aliphatic carbocycles. The molecule has 0 atom stereocenters. The van der Waals surface area contributed by atoms with Crippen molar-refractivity contribution >= 4 is 38.8 Å². The van der Waals surface area contributed by atoms with E-state index in [4.69, 9.17) is 11.5 Å². The number of non-ortho nitro benzene ring substituents is 1. The second-order valence-corrected chi connectivity index (χ2v) is 7.12. The number of nitro groups is 1. The standard InChI is InChI=1S/C20H14N4O3S/c21-17-16-14(11-5-2-1-3-6-11)10-15(23-20(16)28-18(17)19(22)25)12-7-4-8-13(9-12)24(26)27/h1-10H,21H2,(H2,22,25). The Bertz CT molecular complexity index is 1240. The van der Waals surface area contributed by atoms with Crippen LogP contribution in [0, 0.1) is 10.1 Å². The summed E-state index contributed by atoms with van der Waals surface area (Å²) in [5.41, 5.74) is 14.8. The smallest absolute Gasteiger partial charge is 0.270 e. The number of thiophene rings is 1. The maximum absolute atomic E-state index is 11.8. The number of primary amides is 1. The zero-order chi connectivity index (χ0) is 19.8. The molecule has 2 aromatic carbocycles. The van der Waals surface area contributed by atoms with Gasteiger partial charge in [-0.2, -0.15) is 0 Å². The molecule has 0 aliphatic rings. The third-order valence-electron chi connectivity index (χ3n) is 4.36. The van der Waals surface area contributed by atoms with Crippen LogP contribution in [0.3, 0.4) is 0 Å². The summed E-state index contributed by atoms with van der Waals surface area (Å²) in [6.45, 7) is 0. The highest BCUT2D eigenvalue weighted by atomic mass is 32.1. The van der Waals surface area contributed by atoms with Gasteiger partial charge in [-0.3, -0.25) is 14.9 Å². The van der Waals surface area contributed by atoms with E-state index in [1.54, 1.807) is 12.1 Å². The van der Waals surface area contributed by atoms with Gasteiger partial charge in [-0.15, -0.1) is 11.3 Å². The van der Waals surface area contributed by atoms with Gasteiger partial charge in [0, 0.05) is 23.1 Å². The number of carbonyl (C=O) groups is 1. The van der Waals surface area contributed by atoms with E-state index in [0.717, 1.165) is 22.5 Å². The number of pyridine rings is 1. The number of aromatic nitrogens is 1. The fourth-order valence-corrected chi connectivity index (χ4v) is 4.05. The van der Waals surface area contributed by atoms with Gasteiger partial charge in [-0.1, -0.05) is 42.5 Å². The highest BCUT2D eigenvalue weighted by Gasteiger charge is 2.20. The normalized spacial score (nSPS) is 10.9. The fraction of sp³-hybridized carbons (Fsp3) is 0. The number of carbonyl (C=O) groups excluding carboxylic acids is 1. The van der Waals surface area contributed by atoms with Crippen LogP contribution in [-0.2, 0) is 0 Å². The Kier molecular flexibility index (Phi) is 4.25. The van der Waals surface area contributed by atoms with Crippen molar-refractivity contribution in [2.24, 2.45) is 5.73 Å². The van der Waals surface area contributed by atoms with Crippen molar-refractivity contribution in [3.8, 4) is 22.4 Å². The van der Waals surface area contributed by atoms with E-state index in [1.165, 1.54) is 12.1 Å². The molecule has 2 aromatic heterocycles. The molecule has 2 heterocycles. The Morgan fingerprint density at radius 1 is 1.04 bits per heavy atom. The van der Waals surface area contributed by atoms with Gasteiger partial charge in [0.05, 0.1) is 16.3 Å². The first-order chi connectivity index (χ1) is 13.5. The summed E-state index contributed by atoms with van der Waals surface area (Å²) in [6.07, 6.45) is 0. The van der Waals surface area contributed by atoms with Crippen molar-refractivity contribution < 1.29 is 9.72 Å². The second-order valence-electron chi connectivity index (χ2n) is 6.12. The van der Waals surface area contributed by atoms with Gasteiger partial charge >= 0.3 is 0 Å². The Morgan fingerprint density at radius 3 is 2.43 bits per heavy atom. The molecule has 138 valence electrons. The lowest BCUT2D eigenvalue weighted by molar-refractivity contribution is -0.384. The molecule has 4 N–H and O–H groups in total. The molecule has 28 heavy (non-hydrogen) atoms. The number of benzene rings is 2. The Balaban J connectivity index is 2.03. The Hall–Kier alpha value is -3.78. The van der Waals surface area contributed by atoms with Crippen molar-refractivity contribution in [1.29, 1.82) is 0 Å². The number of nitro benzene ring substituents is 1. The lowest BCUT2D eigenvalue weighted by atomic mass is 9.99. The Morgan fingerprint density at radius 2 is 1.75 bits per heavy atom. The minimum Gasteiger partial charge on any atom is -0.397 e. The number of fused-ring (bicyclic) bond motifs is 1. The summed E-state index contributed by atoms with van der Waals surface area (Å²) in [4.78, 5) is 27.8. The lowest BCUT2D eigenvalue weighted by Crippen LogP contribution is -2.10. The van der Waals surface area contributed by atoms with E-state index in [1.807, 2.05) is 36.4 Å². The first kappa shape index (κ1) is 17.6. The van der Waals surface area contributed by atoms with Gasteiger partial charge in [0.15, 0.2) is 0 Å². The molecule has 0 fully saturated rings. The molecule has 0 saturated heterocycles. The van der Waals surface area contributed by atoms with E-state index < -0.39 is 10.8 Å². The van der Waals surface area contributed by atoms with Crippen LogP contribution >= 0.6 is 11.3 Å². The maximum atomic E-state index is 11.8. The number of hydrogen-bond donors (Lipinski definition) is 2. The fourth-order valence-electron chi connectivity index (χ4n) is 3.08. The number of anilines is 1. The van der Waals surface area contributed by atoms with Gasteiger partial charge in [0.2, 0.25) is 0 Å². The van der Waals surface area contributed by atoms with E-state index in [9.17, 15) is 14.9 Å². The summed E-state index contributed by atoms with van der Waals surface area (Å²) >= 11 is 1.12. The van der Waals surface area contributed by atoms with Crippen LogP contribution in [0.1, 0.15) is 9.67 Å². The third-order valence-corrected chi connectivity index (χ3v) is 5.47. The lowest BCUT2D eigenvalue weighted by Gasteiger charge is -2.09. The molecule has 8 heteroatoms. The maximum Gasteiger partial charge on any atom is 0.270 e. The Labute approximate surface area is 163 Å². The number of hydrogen-bond acceptors (Lipinski definition) is 6. The quantitative estimate of drug-likeness (QED) is 0.399. The number of nitrogens with two attached hydrogens (primary N) is 2. The molecule has 4 aromatic rings. The number of amides is 1. The highest BCUT2D eigenvalue weighted by molar-refractivity contribution is 7.21. The van der Waals surface area contributed by atoms with Gasteiger partial charge in [-0.25, -0.2) is 4.98 Å². The SMILES string of the molecule is NC(=O)c1sc2nc(-c3cccc([N+](=O)[O-])c3)cc(-c3ccccc3)c2c1N. The molecular weight excluding hydrogens is 376 g/mol. The molecule has 0 radical (unpaired) electrons. The van der Waals surface area contributed by atoms with Crippen molar-refractivity contribution in [3.63, 3.8) is 0 Å². The second kappa shape index (κ2) is 6.75. The van der Waals surface area contributed by atoms with E-state index >= 15 is 0 Å². The van der Waals surface area contributed by atoms with Crippen molar-refractivity contribution in [2.75, 3.05) is 5.73 Å². The van der Waals surface area contributed by atoms with Gasteiger partial charge in [0.25, 0.3) is 11.6 Å². The van der Waals surface area contributed by atoms with Crippen LogP contribution in [0.4, 0.5) is 11.4 Å². The van der Waals surface area contributed by atoms with E-state index in [-0.39, 0.29) is 10.6 Å².